The van der Waals surface area contributed by atoms with Gasteiger partial charge in [-0.15, -0.1) is 0 Å². The van der Waals surface area contributed by atoms with Gasteiger partial charge in [0.2, 0.25) is 0 Å². The largest absolute Gasteiger partial charge is 0.310 e. The van der Waals surface area contributed by atoms with Gasteiger partial charge >= 0.3 is 0 Å². The van der Waals surface area contributed by atoms with Gasteiger partial charge in [0.15, 0.2) is 0 Å². The fourth-order valence-electron chi connectivity index (χ4n) is 2.13. The van der Waals surface area contributed by atoms with E-state index in [1.807, 2.05) is 13.0 Å². The minimum atomic E-state index is -0.259. The molecule has 2 aromatic rings. The van der Waals surface area contributed by atoms with Crippen LogP contribution in [0.3, 0.4) is 0 Å². The predicted octanol–water partition coefficient (Wildman–Crippen LogP) is 3.86. The van der Waals surface area contributed by atoms with Gasteiger partial charge in [0.25, 0.3) is 0 Å². The molecule has 0 aromatic heterocycles. The molecule has 0 spiro atoms. The van der Waals surface area contributed by atoms with Crippen LogP contribution in [0, 0.1) is 11.6 Å². The standard InChI is InChI=1S/C16H17F2N/c1-2-19-16(12-7-9-14(17)10-8-12)11-13-5-3-4-6-15(13)18/h3-10,16,19H,2,11H2,1H3. The van der Waals surface area contributed by atoms with E-state index in [2.05, 4.69) is 5.32 Å². The van der Waals surface area contributed by atoms with E-state index >= 15 is 0 Å². The number of halogens is 2. The topological polar surface area (TPSA) is 12.0 Å². The van der Waals surface area contributed by atoms with Crippen molar-refractivity contribution in [1.82, 2.24) is 5.32 Å². The monoisotopic (exact) mass is 261 g/mol. The van der Waals surface area contributed by atoms with E-state index < -0.39 is 0 Å². The summed E-state index contributed by atoms with van der Waals surface area (Å²) in [5, 5.41) is 3.30. The second-order valence-electron chi connectivity index (χ2n) is 4.46. The highest BCUT2D eigenvalue weighted by Crippen LogP contribution is 2.20. The van der Waals surface area contributed by atoms with Crippen molar-refractivity contribution >= 4 is 0 Å². The maximum atomic E-state index is 13.7. The van der Waals surface area contributed by atoms with Crippen molar-refractivity contribution in [3.8, 4) is 0 Å². The Morgan fingerprint density at radius 2 is 1.68 bits per heavy atom. The van der Waals surface area contributed by atoms with Gasteiger partial charge < -0.3 is 5.32 Å². The summed E-state index contributed by atoms with van der Waals surface area (Å²) in [6, 6.07) is 13.1. The second-order valence-corrected chi connectivity index (χ2v) is 4.46. The zero-order valence-corrected chi connectivity index (χ0v) is 10.9. The van der Waals surface area contributed by atoms with Crippen molar-refractivity contribution in [2.75, 3.05) is 6.54 Å². The molecule has 0 aliphatic heterocycles. The molecule has 1 N–H and O–H groups in total. The van der Waals surface area contributed by atoms with E-state index in [1.165, 1.54) is 18.2 Å². The quantitative estimate of drug-likeness (QED) is 0.861. The van der Waals surface area contributed by atoms with Gasteiger partial charge in [-0.05, 0) is 42.3 Å². The van der Waals surface area contributed by atoms with Gasteiger partial charge in [-0.25, -0.2) is 8.78 Å². The third-order valence-corrected chi connectivity index (χ3v) is 3.10. The maximum absolute atomic E-state index is 13.7. The normalized spacial score (nSPS) is 12.4. The van der Waals surface area contributed by atoms with Crippen LogP contribution in [0.2, 0.25) is 0 Å². The Kier molecular flexibility index (Phi) is 4.63. The first kappa shape index (κ1) is 13.7. The highest BCUT2D eigenvalue weighted by atomic mass is 19.1. The lowest BCUT2D eigenvalue weighted by Gasteiger charge is -2.19. The number of benzene rings is 2. The number of rotatable bonds is 5. The van der Waals surface area contributed by atoms with Gasteiger partial charge in [0.1, 0.15) is 11.6 Å². The number of nitrogens with one attached hydrogen (secondary N) is 1. The summed E-state index contributed by atoms with van der Waals surface area (Å²) in [5.41, 5.74) is 1.63. The Morgan fingerprint density at radius 3 is 2.32 bits per heavy atom. The number of hydrogen-bond acceptors (Lipinski definition) is 1. The van der Waals surface area contributed by atoms with Gasteiger partial charge in [-0.1, -0.05) is 37.3 Å². The van der Waals surface area contributed by atoms with Crippen LogP contribution in [0.15, 0.2) is 48.5 Å². The average Bonchev–Trinajstić information content (AvgIpc) is 2.42. The number of hydrogen-bond donors (Lipinski definition) is 1. The smallest absolute Gasteiger partial charge is 0.126 e. The fourth-order valence-corrected chi connectivity index (χ4v) is 2.13. The van der Waals surface area contributed by atoms with E-state index in [9.17, 15) is 8.78 Å². The summed E-state index contributed by atoms with van der Waals surface area (Å²) in [6.07, 6.45) is 0.548. The second kappa shape index (κ2) is 6.43. The molecular weight excluding hydrogens is 244 g/mol. The average molecular weight is 261 g/mol. The van der Waals surface area contributed by atoms with Crippen molar-refractivity contribution in [2.45, 2.75) is 19.4 Å². The lowest BCUT2D eigenvalue weighted by Crippen LogP contribution is -2.23. The fraction of sp³-hybridized carbons (Fsp3) is 0.250. The molecule has 0 aliphatic carbocycles. The lowest BCUT2D eigenvalue weighted by molar-refractivity contribution is 0.526. The first-order valence-corrected chi connectivity index (χ1v) is 6.43. The van der Waals surface area contributed by atoms with E-state index in [1.54, 1.807) is 24.3 Å². The van der Waals surface area contributed by atoms with Crippen LogP contribution >= 0.6 is 0 Å². The third kappa shape index (κ3) is 3.61. The van der Waals surface area contributed by atoms with Crippen molar-refractivity contribution in [2.24, 2.45) is 0 Å². The van der Waals surface area contributed by atoms with Gasteiger partial charge in [-0.2, -0.15) is 0 Å². The Labute approximate surface area is 112 Å². The molecule has 3 heteroatoms. The molecule has 2 aromatic carbocycles. The van der Waals surface area contributed by atoms with Crippen LogP contribution in [0.5, 0.6) is 0 Å². The molecule has 2 rings (SSSR count). The van der Waals surface area contributed by atoms with E-state index in [0.717, 1.165) is 12.1 Å². The lowest BCUT2D eigenvalue weighted by atomic mass is 9.98. The molecule has 0 saturated heterocycles. The van der Waals surface area contributed by atoms with Crippen LogP contribution in [0.1, 0.15) is 24.1 Å². The molecule has 0 bridgehead atoms. The van der Waals surface area contributed by atoms with Gasteiger partial charge in [0, 0.05) is 6.04 Å². The van der Waals surface area contributed by atoms with Crippen molar-refractivity contribution in [3.63, 3.8) is 0 Å². The van der Waals surface area contributed by atoms with Crippen molar-refractivity contribution < 1.29 is 8.78 Å². The predicted molar refractivity (Wildman–Crippen MR) is 72.9 cm³/mol. The summed E-state index contributed by atoms with van der Waals surface area (Å²) >= 11 is 0. The summed E-state index contributed by atoms with van der Waals surface area (Å²) in [4.78, 5) is 0. The molecule has 0 aliphatic rings. The zero-order valence-electron chi connectivity index (χ0n) is 10.9. The molecule has 0 radical (unpaired) electrons. The van der Waals surface area contributed by atoms with Crippen molar-refractivity contribution in [1.29, 1.82) is 0 Å². The van der Waals surface area contributed by atoms with E-state index in [-0.39, 0.29) is 17.7 Å². The third-order valence-electron chi connectivity index (χ3n) is 3.10. The Balaban J connectivity index is 2.21. The molecule has 100 valence electrons. The first-order valence-electron chi connectivity index (χ1n) is 6.43. The zero-order chi connectivity index (χ0) is 13.7. The van der Waals surface area contributed by atoms with Gasteiger partial charge in [-0.3, -0.25) is 0 Å². The molecule has 19 heavy (non-hydrogen) atoms. The first-order chi connectivity index (χ1) is 9.20. The van der Waals surface area contributed by atoms with Gasteiger partial charge in [0.05, 0.1) is 0 Å². The minimum Gasteiger partial charge on any atom is -0.310 e. The number of likely N-dealkylation sites (N-methyl/N-ethyl adjacent to an activating group) is 1. The molecule has 1 unspecified atom stereocenters. The molecule has 0 fully saturated rings. The Hall–Kier alpha value is -1.74. The van der Waals surface area contributed by atoms with Crippen molar-refractivity contribution in [3.05, 3.63) is 71.3 Å². The highest BCUT2D eigenvalue weighted by molar-refractivity contribution is 5.25. The summed E-state index contributed by atoms with van der Waals surface area (Å²) < 4.78 is 26.6. The molecule has 0 saturated carbocycles. The summed E-state index contributed by atoms with van der Waals surface area (Å²) in [6.45, 7) is 2.77. The highest BCUT2D eigenvalue weighted by Gasteiger charge is 2.13. The molecule has 0 amide bonds. The van der Waals surface area contributed by atoms with Crippen LogP contribution in [0.4, 0.5) is 8.78 Å². The van der Waals surface area contributed by atoms with Crippen LogP contribution in [-0.4, -0.2) is 6.54 Å². The molecule has 0 heterocycles. The van der Waals surface area contributed by atoms with Crippen LogP contribution in [0.25, 0.3) is 0 Å². The molecular formula is C16H17F2N. The summed E-state index contributed by atoms with van der Waals surface area (Å²) in [5.74, 6) is -0.461. The van der Waals surface area contributed by atoms with Crippen LogP contribution in [-0.2, 0) is 6.42 Å². The van der Waals surface area contributed by atoms with Crippen LogP contribution < -0.4 is 5.32 Å². The molecule has 1 atom stereocenters. The summed E-state index contributed by atoms with van der Waals surface area (Å²) in [7, 11) is 0. The molecule has 1 nitrogen and oxygen atoms in total. The Morgan fingerprint density at radius 1 is 1.00 bits per heavy atom. The minimum absolute atomic E-state index is 0.0116. The Bertz CT molecular complexity index is 523. The maximum Gasteiger partial charge on any atom is 0.126 e. The van der Waals surface area contributed by atoms with E-state index in [4.69, 9.17) is 0 Å². The van der Waals surface area contributed by atoms with E-state index in [0.29, 0.717) is 12.0 Å². The SMILES string of the molecule is CCNC(Cc1ccccc1F)c1ccc(F)cc1.